The lowest BCUT2D eigenvalue weighted by Gasteiger charge is -2.33. The highest BCUT2D eigenvalue weighted by Gasteiger charge is 2.22. The summed E-state index contributed by atoms with van der Waals surface area (Å²) in [5.74, 6) is 0.620. The van der Waals surface area contributed by atoms with E-state index in [2.05, 4.69) is 9.97 Å². The molecule has 0 aliphatic carbocycles. The number of aromatic nitrogens is 2. The fourth-order valence-corrected chi connectivity index (χ4v) is 1.86. The second kappa shape index (κ2) is 4.52. The van der Waals surface area contributed by atoms with Crippen LogP contribution in [0.2, 0.25) is 5.15 Å². The SMILES string of the molecule is O=C(O)N1CCN(c2nccnc2Cl)CC1. The Morgan fingerprint density at radius 2 is 1.88 bits per heavy atom. The minimum absolute atomic E-state index is 0.353. The molecule has 0 radical (unpaired) electrons. The van der Waals surface area contributed by atoms with Gasteiger partial charge in [0.15, 0.2) is 11.0 Å². The van der Waals surface area contributed by atoms with Crippen molar-refractivity contribution in [2.24, 2.45) is 0 Å². The van der Waals surface area contributed by atoms with E-state index >= 15 is 0 Å². The second-order valence-electron chi connectivity index (χ2n) is 3.43. The van der Waals surface area contributed by atoms with Crippen LogP contribution in [-0.2, 0) is 0 Å². The molecule has 7 heteroatoms. The average molecular weight is 243 g/mol. The molecule has 6 nitrogen and oxygen atoms in total. The minimum Gasteiger partial charge on any atom is -0.465 e. The Morgan fingerprint density at radius 1 is 1.25 bits per heavy atom. The lowest BCUT2D eigenvalue weighted by atomic mass is 10.3. The Bertz CT molecular complexity index is 393. The van der Waals surface area contributed by atoms with E-state index in [4.69, 9.17) is 16.7 Å². The van der Waals surface area contributed by atoms with Crippen LogP contribution in [0.15, 0.2) is 12.4 Å². The summed E-state index contributed by atoms with van der Waals surface area (Å²) in [5.41, 5.74) is 0. The lowest BCUT2D eigenvalue weighted by molar-refractivity contribution is 0.142. The molecule has 1 aromatic heterocycles. The molecule has 0 spiro atoms. The van der Waals surface area contributed by atoms with E-state index in [1.807, 2.05) is 4.90 Å². The Kier molecular flexibility index (Phi) is 3.09. The summed E-state index contributed by atoms with van der Waals surface area (Å²) in [5, 5.41) is 9.16. The van der Waals surface area contributed by atoms with Crippen molar-refractivity contribution < 1.29 is 9.90 Å². The van der Waals surface area contributed by atoms with Gasteiger partial charge >= 0.3 is 6.09 Å². The van der Waals surface area contributed by atoms with Crippen molar-refractivity contribution in [1.82, 2.24) is 14.9 Å². The van der Waals surface area contributed by atoms with Crippen molar-refractivity contribution in [2.45, 2.75) is 0 Å². The lowest BCUT2D eigenvalue weighted by Crippen LogP contribution is -2.48. The molecule has 1 aromatic rings. The molecule has 1 saturated heterocycles. The van der Waals surface area contributed by atoms with Crippen molar-refractivity contribution >= 4 is 23.5 Å². The molecule has 0 saturated carbocycles. The zero-order valence-corrected chi connectivity index (χ0v) is 9.26. The van der Waals surface area contributed by atoms with Gasteiger partial charge in [0.1, 0.15) is 0 Å². The van der Waals surface area contributed by atoms with Gasteiger partial charge in [0, 0.05) is 38.6 Å². The first-order chi connectivity index (χ1) is 7.68. The number of nitrogens with zero attached hydrogens (tertiary/aromatic N) is 4. The molecular weight excluding hydrogens is 232 g/mol. The predicted octanol–water partition coefficient (Wildman–Crippen LogP) is 0.930. The van der Waals surface area contributed by atoms with Crippen molar-refractivity contribution in [3.8, 4) is 0 Å². The number of carbonyl (C=O) groups is 1. The van der Waals surface area contributed by atoms with Gasteiger partial charge in [-0.15, -0.1) is 0 Å². The molecule has 1 amide bonds. The molecule has 16 heavy (non-hydrogen) atoms. The van der Waals surface area contributed by atoms with Gasteiger partial charge in [-0.05, 0) is 0 Å². The van der Waals surface area contributed by atoms with Crippen molar-refractivity contribution in [3.63, 3.8) is 0 Å². The molecule has 2 heterocycles. The molecule has 2 rings (SSSR count). The van der Waals surface area contributed by atoms with Gasteiger partial charge in [0.25, 0.3) is 0 Å². The van der Waals surface area contributed by atoms with Crippen LogP contribution in [0.5, 0.6) is 0 Å². The number of rotatable bonds is 1. The van der Waals surface area contributed by atoms with Crippen LogP contribution in [0, 0.1) is 0 Å². The smallest absolute Gasteiger partial charge is 0.407 e. The van der Waals surface area contributed by atoms with Crippen molar-refractivity contribution in [1.29, 1.82) is 0 Å². The standard InChI is InChI=1S/C9H11ClN4O2/c10-7-8(12-2-1-11-7)13-3-5-14(6-4-13)9(15)16/h1-2H,3-6H2,(H,15,16). The average Bonchev–Trinajstić information content (AvgIpc) is 2.30. The predicted molar refractivity (Wildman–Crippen MR) is 58.9 cm³/mol. The summed E-state index contributed by atoms with van der Waals surface area (Å²) < 4.78 is 0. The van der Waals surface area contributed by atoms with E-state index in [-0.39, 0.29) is 0 Å². The number of piperazine rings is 1. The highest BCUT2D eigenvalue weighted by Crippen LogP contribution is 2.20. The van der Waals surface area contributed by atoms with Gasteiger partial charge in [0.05, 0.1) is 0 Å². The Labute approximate surface area is 97.5 Å². The molecule has 0 bridgehead atoms. The van der Waals surface area contributed by atoms with Crippen LogP contribution >= 0.6 is 11.6 Å². The fraction of sp³-hybridized carbons (Fsp3) is 0.444. The topological polar surface area (TPSA) is 69.6 Å². The molecule has 86 valence electrons. The highest BCUT2D eigenvalue weighted by atomic mass is 35.5. The summed E-state index contributed by atoms with van der Waals surface area (Å²) in [6.07, 6.45) is 2.22. The Morgan fingerprint density at radius 3 is 2.44 bits per heavy atom. The molecule has 0 aromatic carbocycles. The largest absolute Gasteiger partial charge is 0.465 e. The van der Waals surface area contributed by atoms with Crippen LogP contribution in [0.3, 0.4) is 0 Å². The highest BCUT2D eigenvalue weighted by molar-refractivity contribution is 6.31. The van der Waals surface area contributed by atoms with E-state index in [0.29, 0.717) is 37.1 Å². The Hall–Kier alpha value is -1.56. The number of halogens is 1. The van der Waals surface area contributed by atoms with Gasteiger partial charge in [-0.25, -0.2) is 14.8 Å². The maximum Gasteiger partial charge on any atom is 0.407 e. The van der Waals surface area contributed by atoms with Gasteiger partial charge in [0.2, 0.25) is 0 Å². The van der Waals surface area contributed by atoms with Gasteiger partial charge in [-0.1, -0.05) is 11.6 Å². The normalized spacial score (nSPS) is 16.3. The summed E-state index contributed by atoms with van der Waals surface area (Å²) in [6, 6.07) is 0. The molecule has 0 unspecified atom stereocenters. The monoisotopic (exact) mass is 242 g/mol. The Balaban J connectivity index is 2.05. The van der Waals surface area contributed by atoms with Gasteiger partial charge < -0.3 is 14.9 Å². The van der Waals surface area contributed by atoms with E-state index in [0.717, 1.165) is 0 Å². The van der Waals surface area contributed by atoms with Crippen molar-refractivity contribution in [3.05, 3.63) is 17.5 Å². The second-order valence-corrected chi connectivity index (χ2v) is 3.79. The minimum atomic E-state index is -0.884. The molecule has 1 aliphatic heterocycles. The number of hydrogen-bond acceptors (Lipinski definition) is 4. The van der Waals surface area contributed by atoms with E-state index in [1.165, 1.54) is 11.1 Å². The van der Waals surface area contributed by atoms with Crippen molar-refractivity contribution in [2.75, 3.05) is 31.1 Å². The zero-order valence-electron chi connectivity index (χ0n) is 8.51. The van der Waals surface area contributed by atoms with E-state index < -0.39 is 6.09 Å². The number of amides is 1. The van der Waals surface area contributed by atoms with E-state index in [9.17, 15) is 4.79 Å². The van der Waals surface area contributed by atoms with Crippen LogP contribution in [0.1, 0.15) is 0 Å². The summed E-state index contributed by atoms with van der Waals surface area (Å²) in [7, 11) is 0. The third-order valence-electron chi connectivity index (χ3n) is 2.49. The summed E-state index contributed by atoms with van der Waals surface area (Å²) >= 11 is 5.91. The first kappa shape index (κ1) is 10.9. The van der Waals surface area contributed by atoms with E-state index in [1.54, 1.807) is 6.20 Å². The number of hydrogen-bond donors (Lipinski definition) is 1. The molecule has 0 atom stereocenters. The molecule has 1 N–H and O–H groups in total. The third-order valence-corrected chi connectivity index (χ3v) is 2.75. The van der Waals surface area contributed by atoms with Crippen LogP contribution < -0.4 is 4.90 Å². The zero-order chi connectivity index (χ0) is 11.5. The first-order valence-electron chi connectivity index (χ1n) is 4.88. The van der Waals surface area contributed by atoms with Gasteiger partial charge in [-0.2, -0.15) is 0 Å². The van der Waals surface area contributed by atoms with Crippen LogP contribution in [0.25, 0.3) is 0 Å². The number of anilines is 1. The molecule has 1 fully saturated rings. The van der Waals surface area contributed by atoms with Gasteiger partial charge in [-0.3, -0.25) is 0 Å². The quantitative estimate of drug-likeness (QED) is 0.793. The maximum absolute atomic E-state index is 10.7. The third kappa shape index (κ3) is 2.16. The fourth-order valence-electron chi connectivity index (χ4n) is 1.64. The van der Waals surface area contributed by atoms with Crippen LogP contribution in [0.4, 0.5) is 10.6 Å². The number of carboxylic acid groups (broad SMARTS) is 1. The maximum atomic E-state index is 10.7. The molecular formula is C9H11ClN4O2. The summed E-state index contributed by atoms with van der Waals surface area (Å²) in [6.45, 7) is 2.10. The summed E-state index contributed by atoms with van der Waals surface area (Å²) in [4.78, 5) is 22.1. The molecule has 1 aliphatic rings. The first-order valence-corrected chi connectivity index (χ1v) is 5.25. The van der Waals surface area contributed by atoms with Crippen LogP contribution in [-0.4, -0.2) is 52.2 Å².